The lowest BCUT2D eigenvalue weighted by Gasteiger charge is -2.11. The molecule has 0 saturated heterocycles. The summed E-state index contributed by atoms with van der Waals surface area (Å²) < 4.78 is 21.4. The van der Waals surface area contributed by atoms with Gasteiger partial charge in [-0.3, -0.25) is 0 Å². The number of hydrogen-bond acceptors (Lipinski definition) is 3. The van der Waals surface area contributed by atoms with E-state index < -0.39 is 9.84 Å². The largest absolute Gasteiger partial charge is 0.338 e. The van der Waals surface area contributed by atoms with Crippen molar-refractivity contribution in [3.05, 3.63) is 0 Å². The maximum atomic E-state index is 10.9. The van der Waals surface area contributed by atoms with Crippen LogP contribution in [0.1, 0.15) is 6.42 Å². The maximum absolute atomic E-state index is 10.9. The summed E-state index contributed by atoms with van der Waals surface area (Å²) in [6.45, 7) is 0.393. The Kier molecular flexibility index (Phi) is 4.76. The number of carbonyl (C=O) groups is 1. The third-order valence-electron chi connectivity index (χ3n) is 1.37. The Morgan fingerprint density at radius 2 is 1.92 bits per heavy atom. The summed E-state index contributed by atoms with van der Waals surface area (Å²) in [5.74, 6) is 0.112. The van der Waals surface area contributed by atoms with Crippen LogP contribution >= 0.6 is 0 Å². The summed E-state index contributed by atoms with van der Waals surface area (Å²) in [5, 5.41) is 2.58. The van der Waals surface area contributed by atoms with Gasteiger partial charge in [0.05, 0.1) is 5.75 Å². The molecule has 0 aromatic heterocycles. The van der Waals surface area contributed by atoms with Gasteiger partial charge in [-0.2, -0.15) is 0 Å². The number of urea groups is 1. The topological polar surface area (TPSA) is 66.5 Å². The normalized spacial score (nSPS) is 11.0. The summed E-state index contributed by atoms with van der Waals surface area (Å²) in [6.07, 6.45) is 1.64. The molecule has 0 rings (SSSR count). The average Bonchev–Trinajstić information content (AvgIpc) is 1.95. The van der Waals surface area contributed by atoms with Gasteiger partial charge >= 0.3 is 6.03 Å². The molecule has 0 aliphatic heterocycles. The predicted molar refractivity (Wildman–Crippen MR) is 51.4 cm³/mol. The van der Waals surface area contributed by atoms with Crippen molar-refractivity contribution in [1.29, 1.82) is 0 Å². The van der Waals surface area contributed by atoms with Crippen LogP contribution in [-0.2, 0) is 9.84 Å². The van der Waals surface area contributed by atoms with E-state index in [1.54, 1.807) is 14.1 Å². The first-order valence-electron chi connectivity index (χ1n) is 3.96. The molecule has 0 spiro atoms. The fraction of sp³-hybridized carbons (Fsp3) is 0.857. The van der Waals surface area contributed by atoms with Crippen molar-refractivity contribution in [2.24, 2.45) is 0 Å². The Balaban J connectivity index is 3.53. The number of amides is 2. The standard InChI is InChI=1S/C7H16N2O3S/c1-9(2)7(10)8-5-4-6-13(3,11)12/h4-6H2,1-3H3,(H,8,10). The van der Waals surface area contributed by atoms with Gasteiger partial charge in [-0.25, -0.2) is 13.2 Å². The molecular weight excluding hydrogens is 192 g/mol. The summed E-state index contributed by atoms with van der Waals surface area (Å²) in [5.41, 5.74) is 0. The van der Waals surface area contributed by atoms with Crippen LogP contribution < -0.4 is 5.32 Å². The van der Waals surface area contributed by atoms with Gasteiger partial charge in [-0.05, 0) is 6.42 Å². The van der Waals surface area contributed by atoms with Crippen molar-refractivity contribution in [2.45, 2.75) is 6.42 Å². The molecule has 5 nitrogen and oxygen atoms in total. The third kappa shape index (κ3) is 7.58. The Bertz CT molecular complexity index is 259. The Hall–Kier alpha value is -0.780. The zero-order chi connectivity index (χ0) is 10.5. The van der Waals surface area contributed by atoms with Gasteiger partial charge in [-0.15, -0.1) is 0 Å². The van der Waals surface area contributed by atoms with Crippen LogP contribution in [0.2, 0.25) is 0 Å². The fourth-order valence-corrected chi connectivity index (χ4v) is 1.36. The Labute approximate surface area is 79.0 Å². The van der Waals surface area contributed by atoms with Crippen LogP contribution in [0.4, 0.5) is 4.79 Å². The van der Waals surface area contributed by atoms with E-state index in [4.69, 9.17) is 0 Å². The van der Waals surface area contributed by atoms with Crippen LogP contribution in [0.15, 0.2) is 0 Å². The second-order valence-corrected chi connectivity index (χ2v) is 5.37. The smallest absolute Gasteiger partial charge is 0.316 e. The van der Waals surface area contributed by atoms with Crippen LogP contribution in [0.5, 0.6) is 0 Å². The number of hydrogen-bond donors (Lipinski definition) is 1. The Morgan fingerprint density at radius 1 is 1.38 bits per heavy atom. The molecule has 0 aliphatic carbocycles. The molecule has 0 radical (unpaired) electrons. The van der Waals surface area contributed by atoms with E-state index in [2.05, 4.69) is 5.32 Å². The highest BCUT2D eigenvalue weighted by atomic mass is 32.2. The van der Waals surface area contributed by atoms with Crippen molar-refractivity contribution in [1.82, 2.24) is 10.2 Å². The van der Waals surface area contributed by atoms with E-state index in [0.717, 1.165) is 0 Å². The number of nitrogens with one attached hydrogen (secondary N) is 1. The molecule has 0 aromatic rings. The first kappa shape index (κ1) is 12.2. The summed E-state index contributed by atoms with van der Waals surface area (Å²) in [4.78, 5) is 12.3. The molecule has 6 heteroatoms. The first-order chi connectivity index (χ1) is 5.83. The Morgan fingerprint density at radius 3 is 2.31 bits per heavy atom. The van der Waals surface area contributed by atoms with Crippen LogP contribution in [0.25, 0.3) is 0 Å². The van der Waals surface area contributed by atoms with Gasteiger partial charge in [0.25, 0.3) is 0 Å². The summed E-state index contributed by atoms with van der Waals surface area (Å²) in [7, 11) is 0.354. The van der Waals surface area contributed by atoms with E-state index in [1.807, 2.05) is 0 Å². The van der Waals surface area contributed by atoms with Crippen molar-refractivity contribution in [2.75, 3.05) is 32.6 Å². The van der Waals surface area contributed by atoms with Gasteiger partial charge in [0.15, 0.2) is 0 Å². The van der Waals surface area contributed by atoms with E-state index in [0.29, 0.717) is 13.0 Å². The molecule has 78 valence electrons. The molecule has 0 aromatic carbocycles. The minimum Gasteiger partial charge on any atom is -0.338 e. The molecular formula is C7H16N2O3S. The van der Waals surface area contributed by atoms with Crippen LogP contribution in [-0.4, -0.2) is 52.0 Å². The summed E-state index contributed by atoms with van der Waals surface area (Å²) >= 11 is 0. The maximum Gasteiger partial charge on any atom is 0.316 e. The van der Waals surface area contributed by atoms with E-state index in [-0.39, 0.29) is 11.8 Å². The lowest BCUT2D eigenvalue weighted by molar-refractivity contribution is 0.217. The molecule has 2 amide bonds. The van der Waals surface area contributed by atoms with Gasteiger partial charge in [0.2, 0.25) is 0 Å². The third-order valence-corrected chi connectivity index (χ3v) is 2.40. The monoisotopic (exact) mass is 208 g/mol. The minimum atomic E-state index is -2.91. The van der Waals surface area contributed by atoms with Crippen molar-refractivity contribution in [3.8, 4) is 0 Å². The quantitative estimate of drug-likeness (QED) is 0.645. The van der Waals surface area contributed by atoms with Crippen molar-refractivity contribution >= 4 is 15.9 Å². The zero-order valence-electron chi connectivity index (χ0n) is 8.20. The molecule has 0 atom stereocenters. The predicted octanol–water partition coefficient (Wildman–Crippen LogP) is -0.308. The number of carbonyl (C=O) groups excluding carboxylic acids is 1. The average molecular weight is 208 g/mol. The highest BCUT2D eigenvalue weighted by Crippen LogP contribution is 1.87. The molecule has 0 heterocycles. The highest BCUT2D eigenvalue weighted by Gasteiger charge is 2.04. The molecule has 0 saturated carbocycles. The van der Waals surface area contributed by atoms with E-state index in [9.17, 15) is 13.2 Å². The van der Waals surface area contributed by atoms with Crippen LogP contribution in [0, 0.1) is 0 Å². The molecule has 0 unspecified atom stereocenters. The fourth-order valence-electron chi connectivity index (χ4n) is 0.688. The van der Waals surface area contributed by atoms with E-state index in [1.165, 1.54) is 11.2 Å². The SMILES string of the molecule is CN(C)C(=O)NCCCS(C)(=O)=O. The highest BCUT2D eigenvalue weighted by molar-refractivity contribution is 7.90. The lowest BCUT2D eigenvalue weighted by atomic mass is 10.5. The molecule has 13 heavy (non-hydrogen) atoms. The van der Waals surface area contributed by atoms with Gasteiger partial charge in [0.1, 0.15) is 9.84 Å². The van der Waals surface area contributed by atoms with Crippen molar-refractivity contribution < 1.29 is 13.2 Å². The van der Waals surface area contributed by atoms with E-state index >= 15 is 0 Å². The minimum absolute atomic E-state index is 0.112. The second-order valence-electron chi connectivity index (χ2n) is 3.11. The lowest BCUT2D eigenvalue weighted by Crippen LogP contribution is -2.35. The number of sulfone groups is 1. The molecule has 0 fully saturated rings. The van der Waals surface area contributed by atoms with Gasteiger partial charge < -0.3 is 10.2 Å². The number of rotatable bonds is 4. The van der Waals surface area contributed by atoms with Crippen molar-refractivity contribution in [3.63, 3.8) is 0 Å². The zero-order valence-corrected chi connectivity index (χ0v) is 9.02. The first-order valence-corrected chi connectivity index (χ1v) is 6.02. The van der Waals surface area contributed by atoms with Crippen LogP contribution in [0.3, 0.4) is 0 Å². The molecule has 0 bridgehead atoms. The van der Waals surface area contributed by atoms with Gasteiger partial charge in [-0.1, -0.05) is 0 Å². The second kappa shape index (κ2) is 5.06. The molecule has 0 aliphatic rings. The van der Waals surface area contributed by atoms with Gasteiger partial charge in [0, 0.05) is 26.9 Å². The molecule has 1 N–H and O–H groups in total. The summed E-state index contributed by atoms with van der Waals surface area (Å²) in [6, 6.07) is -0.200. The number of nitrogens with zero attached hydrogens (tertiary/aromatic N) is 1.